The van der Waals surface area contributed by atoms with E-state index in [0.29, 0.717) is 37.0 Å². The number of aliphatic hydroxyl groups is 10. The summed E-state index contributed by atoms with van der Waals surface area (Å²) in [7, 11) is 0. The van der Waals surface area contributed by atoms with Crippen molar-refractivity contribution in [2.24, 2.45) is 46.3 Å². The van der Waals surface area contributed by atoms with E-state index in [1.807, 2.05) is 6.92 Å². The van der Waals surface area contributed by atoms with E-state index >= 15 is 0 Å². The highest BCUT2D eigenvalue weighted by molar-refractivity contribution is 5.26. The predicted molar refractivity (Wildman–Crippen MR) is 215 cm³/mol. The van der Waals surface area contributed by atoms with Gasteiger partial charge in [-0.1, -0.05) is 39.3 Å². The Morgan fingerprint density at radius 3 is 1.94 bits per heavy atom. The molecule has 0 radical (unpaired) electrons. The highest BCUT2D eigenvalue weighted by Gasteiger charge is 2.71. The van der Waals surface area contributed by atoms with Crippen molar-refractivity contribution in [3.05, 3.63) is 11.6 Å². The molecular formula is C45H72O18. The van der Waals surface area contributed by atoms with Crippen molar-refractivity contribution in [3.63, 3.8) is 0 Å². The van der Waals surface area contributed by atoms with Crippen molar-refractivity contribution in [1.82, 2.24) is 0 Å². The number of rotatable bonds is 7. The van der Waals surface area contributed by atoms with Gasteiger partial charge in [0.15, 0.2) is 30.9 Å². The Labute approximate surface area is 368 Å². The van der Waals surface area contributed by atoms with Gasteiger partial charge in [-0.3, -0.25) is 0 Å². The largest absolute Gasteiger partial charge is 0.394 e. The first kappa shape index (κ1) is 47.1. The monoisotopic (exact) mass is 900 g/mol. The van der Waals surface area contributed by atoms with Crippen molar-refractivity contribution in [2.75, 3.05) is 6.61 Å². The molecule has 0 amide bonds. The molecule has 0 aromatic carbocycles. The molecule has 5 saturated heterocycles. The van der Waals surface area contributed by atoms with Gasteiger partial charge in [-0.15, -0.1) is 0 Å². The van der Waals surface area contributed by atoms with Gasteiger partial charge in [0.2, 0.25) is 0 Å². The average Bonchev–Trinajstić information content (AvgIpc) is 3.70. The zero-order valence-corrected chi connectivity index (χ0v) is 37.1. The fourth-order valence-electron chi connectivity index (χ4n) is 14.1. The molecule has 18 heteroatoms. The number of hydrogen-bond acceptors (Lipinski definition) is 18. The summed E-state index contributed by atoms with van der Waals surface area (Å²) in [6.45, 7) is 11.1. The third-order valence-electron chi connectivity index (χ3n) is 17.8. The minimum atomic E-state index is -1.73. The quantitative estimate of drug-likeness (QED) is 0.145. The molecule has 28 atom stereocenters. The van der Waals surface area contributed by atoms with E-state index in [0.717, 1.165) is 32.1 Å². The summed E-state index contributed by atoms with van der Waals surface area (Å²) < 4.78 is 49.5. The molecule has 1 spiro atoms. The predicted octanol–water partition coefficient (Wildman–Crippen LogP) is -0.469. The van der Waals surface area contributed by atoms with Crippen LogP contribution in [0.2, 0.25) is 0 Å². The third-order valence-corrected chi connectivity index (χ3v) is 17.8. The van der Waals surface area contributed by atoms with Crippen molar-refractivity contribution < 1.29 is 89.0 Å². The maximum absolute atomic E-state index is 12.0. The Morgan fingerprint density at radius 2 is 1.30 bits per heavy atom. The zero-order valence-electron chi connectivity index (χ0n) is 37.1. The Bertz CT molecular complexity index is 1670. The van der Waals surface area contributed by atoms with Crippen LogP contribution in [0.3, 0.4) is 0 Å². The number of hydrogen-bond donors (Lipinski definition) is 10. The lowest BCUT2D eigenvalue weighted by Gasteiger charge is -2.59. The minimum absolute atomic E-state index is 0.0189. The smallest absolute Gasteiger partial charge is 0.200 e. The summed E-state index contributed by atoms with van der Waals surface area (Å²) in [6, 6.07) is 0. The molecule has 10 N–H and O–H groups in total. The Morgan fingerprint density at radius 1 is 0.667 bits per heavy atom. The normalized spacial score (nSPS) is 59.3. The highest BCUT2D eigenvalue weighted by Crippen LogP contribution is 2.71. The van der Waals surface area contributed by atoms with Crippen molar-refractivity contribution >= 4 is 0 Å². The molecule has 63 heavy (non-hydrogen) atoms. The maximum Gasteiger partial charge on any atom is 0.200 e. The number of allylic oxidation sites excluding steroid dienone is 1. The van der Waals surface area contributed by atoms with E-state index in [1.165, 1.54) is 19.4 Å². The average molecular weight is 901 g/mol. The van der Waals surface area contributed by atoms with Crippen LogP contribution in [-0.4, -0.2) is 180 Å². The van der Waals surface area contributed by atoms with Gasteiger partial charge in [0.05, 0.1) is 31.0 Å². The van der Waals surface area contributed by atoms with Gasteiger partial charge in [-0.05, 0) is 99.7 Å². The molecule has 3 saturated carbocycles. The van der Waals surface area contributed by atoms with E-state index in [1.54, 1.807) is 0 Å². The molecule has 9 rings (SSSR count). The lowest BCUT2D eigenvalue weighted by Crippen LogP contribution is -2.66. The lowest BCUT2D eigenvalue weighted by molar-refractivity contribution is -0.388. The summed E-state index contributed by atoms with van der Waals surface area (Å²) >= 11 is 0. The van der Waals surface area contributed by atoms with Crippen LogP contribution in [0.15, 0.2) is 11.6 Å². The van der Waals surface area contributed by atoms with Crippen LogP contribution in [0.1, 0.15) is 92.9 Å². The van der Waals surface area contributed by atoms with E-state index in [9.17, 15) is 51.1 Å². The first-order chi connectivity index (χ1) is 29.7. The molecule has 5 aliphatic heterocycles. The second-order valence-corrected chi connectivity index (χ2v) is 21.3. The highest BCUT2D eigenvalue weighted by atomic mass is 16.8. The van der Waals surface area contributed by atoms with Gasteiger partial charge in [0, 0.05) is 11.8 Å². The van der Waals surface area contributed by atoms with Crippen LogP contribution in [0, 0.1) is 46.3 Å². The number of aliphatic hydroxyl groups excluding tert-OH is 10. The van der Waals surface area contributed by atoms with E-state index in [2.05, 4.69) is 26.8 Å². The van der Waals surface area contributed by atoms with Gasteiger partial charge < -0.3 is 89.0 Å². The topological polar surface area (TPSA) is 276 Å². The standard InChI is InChI=1S/C45H72O18/c1-17-13-28(47)45(63-39(17)55)18(2)29-26(62-45)15-25-23-8-7-21-14-22(9-11-43(21,5)24(23)10-12-44(25,29)6)58-42-38(61-41-35(53)33(51)31(49)20(4)57-41)36(54)37(27(16-46)59-42)60-40-34(52)32(50)30(48)19(3)56-40/h7,17-20,22-42,46-55H,8-16H2,1-6H3/t17-,18+,19+,20+,22+,23-,24?,25+,26+,27-,28+,29+,30+,31+,32-,33-,34-,35-,36+,37-,38-,39-,40+,41+,42-,43+,44+,45-/m1/s1. The Balaban J connectivity index is 0.917. The van der Waals surface area contributed by atoms with Crippen LogP contribution >= 0.6 is 0 Å². The molecule has 9 aliphatic rings. The van der Waals surface area contributed by atoms with E-state index < -0.39 is 123 Å². The first-order valence-electron chi connectivity index (χ1n) is 23.4. The fourth-order valence-corrected chi connectivity index (χ4v) is 14.1. The first-order valence-corrected chi connectivity index (χ1v) is 23.4. The molecule has 8 fully saturated rings. The third kappa shape index (κ3) is 7.53. The molecule has 0 aromatic rings. The molecule has 18 nitrogen and oxygen atoms in total. The Kier molecular flexibility index (Phi) is 12.9. The SMILES string of the molecule is C[C@@H]1C[C@H](O)[C@@]2(O[C@H]1O)O[C@H]1C[C@H]3[C@@H]4CC=C5C[C@@H](O[C@@H]6O[C@H](CO)[C@@H](O[C@@H]7O[C@@H](C)[C@H](O)[C@@H](O)[C@H]7O)[C@H](O)[C@H]6O[C@@H]6O[C@@H](C)[C@H](O)[C@@H](O)[C@H]6O)CC[C@]5(C)C4CC[C@]3(C)[C@H]1[C@@H]2C. The summed E-state index contributed by atoms with van der Waals surface area (Å²) in [5.41, 5.74) is 1.17. The summed E-state index contributed by atoms with van der Waals surface area (Å²) in [6.07, 6.45) is -15.4. The fraction of sp³-hybridized carbons (Fsp3) is 0.956. The zero-order chi connectivity index (χ0) is 45.2. The second-order valence-electron chi connectivity index (χ2n) is 21.3. The maximum atomic E-state index is 12.0. The van der Waals surface area contributed by atoms with Gasteiger partial charge >= 0.3 is 0 Å². The van der Waals surface area contributed by atoms with Crippen LogP contribution in [0.4, 0.5) is 0 Å². The number of fused-ring (bicyclic) bond motifs is 7. The lowest BCUT2D eigenvalue weighted by atomic mass is 9.47. The van der Waals surface area contributed by atoms with Gasteiger partial charge in [-0.25, -0.2) is 0 Å². The molecule has 0 aromatic heterocycles. The molecular weight excluding hydrogens is 828 g/mol. The molecule has 0 bridgehead atoms. The van der Waals surface area contributed by atoms with Crippen LogP contribution in [0.5, 0.6) is 0 Å². The van der Waals surface area contributed by atoms with Crippen LogP contribution in [0.25, 0.3) is 0 Å². The van der Waals surface area contributed by atoms with Gasteiger partial charge in [0.1, 0.15) is 67.1 Å². The number of ether oxygens (including phenoxy) is 8. The summed E-state index contributed by atoms with van der Waals surface area (Å²) in [4.78, 5) is 0. The summed E-state index contributed by atoms with van der Waals surface area (Å²) in [5.74, 6) is -0.00648. The molecule has 360 valence electrons. The van der Waals surface area contributed by atoms with Crippen molar-refractivity contribution in [1.29, 1.82) is 0 Å². The van der Waals surface area contributed by atoms with Gasteiger partial charge in [0.25, 0.3) is 0 Å². The van der Waals surface area contributed by atoms with E-state index in [-0.39, 0.29) is 34.7 Å². The van der Waals surface area contributed by atoms with Crippen molar-refractivity contribution in [2.45, 2.75) is 215 Å². The Hall–Kier alpha value is -0.980. The molecule has 4 aliphatic carbocycles. The summed E-state index contributed by atoms with van der Waals surface area (Å²) in [5, 5.41) is 108. The minimum Gasteiger partial charge on any atom is -0.394 e. The van der Waals surface area contributed by atoms with Gasteiger partial charge in [-0.2, -0.15) is 0 Å². The van der Waals surface area contributed by atoms with Crippen LogP contribution < -0.4 is 0 Å². The van der Waals surface area contributed by atoms with E-state index in [4.69, 9.17) is 37.9 Å². The van der Waals surface area contributed by atoms with Crippen molar-refractivity contribution in [3.8, 4) is 0 Å². The van der Waals surface area contributed by atoms with Crippen LogP contribution in [-0.2, 0) is 37.9 Å². The molecule has 5 heterocycles. The second kappa shape index (κ2) is 17.2. The molecule has 1 unspecified atom stereocenters.